The molecule has 2 amide bonds. The molecule has 1 aromatic carbocycles. The van der Waals surface area contributed by atoms with Crippen molar-refractivity contribution in [1.82, 2.24) is 5.32 Å². The fourth-order valence-electron chi connectivity index (χ4n) is 1.34. The van der Waals surface area contributed by atoms with E-state index in [4.69, 9.17) is 0 Å². The van der Waals surface area contributed by atoms with Crippen molar-refractivity contribution >= 4 is 29.5 Å². The van der Waals surface area contributed by atoms with Crippen molar-refractivity contribution in [1.29, 1.82) is 0 Å². The zero-order chi connectivity index (χ0) is 15.0. The van der Waals surface area contributed by atoms with Gasteiger partial charge in [0.05, 0.1) is 7.11 Å². The molecular formula is C14H16N2O4. The number of carbonyl (C=O) groups is 3. The predicted molar refractivity (Wildman–Crippen MR) is 74.8 cm³/mol. The minimum atomic E-state index is -0.508. The summed E-state index contributed by atoms with van der Waals surface area (Å²) in [6, 6.07) is 6.98. The van der Waals surface area contributed by atoms with Gasteiger partial charge in [0.25, 0.3) is 0 Å². The number of nitrogens with one attached hydrogen (secondary N) is 2. The molecule has 0 saturated heterocycles. The lowest BCUT2D eigenvalue weighted by Crippen LogP contribution is -2.28. The average molecular weight is 276 g/mol. The van der Waals surface area contributed by atoms with Crippen LogP contribution in [0.25, 0.3) is 6.08 Å². The summed E-state index contributed by atoms with van der Waals surface area (Å²) in [6.45, 7) is 1.26. The van der Waals surface area contributed by atoms with Crippen LogP contribution in [-0.4, -0.2) is 31.4 Å². The Bertz CT molecular complexity index is 520. The maximum Gasteiger partial charge on any atom is 0.325 e. The van der Waals surface area contributed by atoms with E-state index in [-0.39, 0.29) is 18.4 Å². The highest BCUT2D eigenvalue weighted by Gasteiger charge is 2.01. The number of ether oxygens (including phenoxy) is 1. The second-order valence-electron chi connectivity index (χ2n) is 3.93. The summed E-state index contributed by atoms with van der Waals surface area (Å²) >= 11 is 0. The lowest BCUT2D eigenvalue weighted by atomic mass is 10.2. The van der Waals surface area contributed by atoms with E-state index in [1.165, 1.54) is 20.1 Å². The highest BCUT2D eigenvalue weighted by molar-refractivity contribution is 5.93. The van der Waals surface area contributed by atoms with Crippen molar-refractivity contribution in [3.05, 3.63) is 35.9 Å². The maximum atomic E-state index is 11.4. The van der Waals surface area contributed by atoms with Crippen LogP contribution in [0.2, 0.25) is 0 Å². The maximum absolute atomic E-state index is 11.4. The quantitative estimate of drug-likeness (QED) is 0.619. The summed E-state index contributed by atoms with van der Waals surface area (Å²) in [5.41, 5.74) is 1.48. The molecule has 106 valence electrons. The van der Waals surface area contributed by atoms with Crippen LogP contribution >= 0.6 is 0 Å². The first-order valence-corrected chi connectivity index (χ1v) is 5.91. The molecule has 0 saturated carbocycles. The predicted octanol–water partition coefficient (Wildman–Crippen LogP) is 0.947. The first kappa shape index (κ1) is 15.4. The summed E-state index contributed by atoms with van der Waals surface area (Å²) in [4.78, 5) is 33.1. The minimum absolute atomic E-state index is 0.143. The van der Waals surface area contributed by atoms with Gasteiger partial charge in [0.2, 0.25) is 11.8 Å². The van der Waals surface area contributed by atoms with Gasteiger partial charge in [-0.15, -0.1) is 0 Å². The molecule has 6 heteroatoms. The number of esters is 1. The Morgan fingerprint density at radius 2 is 1.85 bits per heavy atom. The lowest BCUT2D eigenvalue weighted by Gasteiger charge is -2.02. The Kier molecular flexibility index (Phi) is 5.96. The normalized spacial score (nSPS) is 10.1. The number of amides is 2. The van der Waals surface area contributed by atoms with Crippen molar-refractivity contribution < 1.29 is 19.1 Å². The van der Waals surface area contributed by atoms with Crippen LogP contribution in [0.1, 0.15) is 12.5 Å². The van der Waals surface area contributed by atoms with Crippen LogP contribution in [0.5, 0.6) is 0 Å². The fraction of sp³-hybridized carbons (Fsp3) is 0.214. The van der Waals surface area contributed by atoms with E-state index in [1.807, 2.05) is 0 Å². The lowest BCUT2D eigenvalue weighted by molar-refractivity contribution is -0.140. The molecule has 1 aromatic rings. The van der Waals surface area contributed by atoms with Gasteiger partial charge >= 0.3 is 5.97 Å². The Hall–Kier alpha value is -2.63. The van der Waals surface area contributed by atoms with Gasteiger partial charge in [0.15, 0.2) is 0 Å². The zero-order valence-electron chi connectivity index (χ0n) is 11.3. The SMILES string of the molecule is COC(=O)CNC(=O)/C=C/c1ccc(NC(C)=O)cc1. The van der Waals surface area contributed by atoms with Gasteiger partial charge in [-0.05, 0) is 23.8 Å². The zero-order valence-corrected chi connectivity index (χ0v) is 11.3. The van der Waals surface area contributed by atoms with E-state index >= 15 is 0 Å². The molecule has 0 aromatic heterocycles. The van der Waals surface area contributed by atoms with Crippen molar-refractivity contribution in [3.63, 3.8) is 0 Å². The summed E-state index contributed by atoms with van der Waals surface area (Å²) in [5.74, 6) is -1.04. The van der Waals surface area contributed by atoms with Gasteiger partial charge in [-0.3, -0.25) is 14.4 Å². The van der Waals surface area contributed by atoms with Crippen molar-refractivity contribution in [3.8, 4) is 0 Å². The van der Waals surface area contributed by atoms with E-state index in [0.29, 0.717) is 5.69 Å². The van der Waals surface area contributed by atoms with Crippen molar-refractivity contribution in [2.24, 2.45) is 0 Å². The molecule has 0 bridgehead atoms. The number of benzene rings is 1. The molecule has 0 unspecified atom stereocenters. The third-order valence-electron chi connectivity index (χ3n) is 2.29. The molecule has 0 atom stereocenters. The van der Waals surface area contributed by atoms with Crippen molar-refractivity contribution in [2.45, 2.75) is 6.92 Å². The molecule has 6 nitrogen and oxygen atoms in total. The highest BCUT2D eigenvalue weighted by atomic mass is 16.5. The standard InChI is InChI=1S/C14H16N2O4/c1-10(17)16-12-6-3-11(4-7-12)5-8-13(18)15-9-14(19)20-2/h3-8H,9H2,1-2H3,(H,15,18)(H,16,17)/b8-5+. The Morgan fingerprint density at radius 1 is 1.20 bits per heavy atom. The number of anilines is 1. The number of carbonyl (C=O) groups excluding carboxylic acids is 3. The van der Waals surface area contributed by atoms with Gasteiger partial charge in [-0.1, -0.05) is 12.1 Å². The minimum Gasteiger partial charge on any atom is -0.468 e. The molecule has 0 heterocycles. The van der Waals surface area contributed by atoms with Crippen LogP contribution in [0.15, 0.2) is 30.3 Å². The number of methoxy groups -OCH3 is 1. The number of hydrogen-bond acceptors (Lipinski definition) is 4. The summed E-state index contributed by atoms with van der Waals surface area (Å²) in [6.07, 6.45) is 2.92. The van der Waals surface area contributed by atoms with Crippen LogP contribution in [0, 0.1) is 0 Å². The summed E-state index contributed by atoms with van der Waals surface area (Å²) < 4.78 is 4.40. The third kappa shape index (κ3) is 5.81. The summed E-state index contributed by atoms with van der Waals surface area (Å²) in [5, 5.41) is 5.03. The van der Waals surface area contributed by atoms with Gasteiger partial charge in [0.1, 0.15) is 6.54 Å². The van der Waals surface area contributed by atoms with Crippen LogP contribution in [0.3, 0.4) is 0 Å². The number of rotatable bonds is 5. The monoisotopic (exact) mass is 276 g/mol. The van der Waals surface area contributed by atoms with E-state index < -0.39 is 5.97 Å². The fourth-order valence-corrected chi connectivity index (χ4v) is 1.34. The average Bonchev–Trinajstić information content (AvgIpc) is 2.43. The largest absolute Gasteiger partial charge is 0.468 e. The molecule has 20 heavy (non-hydrogen) atoms. The Morgan fingerprint density at radius 3 is 2.40 bits per heavy atom. The molecular weight excluding hydrogens is 260 g/mol. The van der Waals surface area contributed by atoms with Gasteiger partial charge in [-0.2, -0.15) is 0 Å². The van der Waals surface area contributed by atoms with Crippen LogP contribution in [0.4, 0.5) is 5.69 Å². The molecule has 1 rings (SSSR count). The molecule has 0 fully saturated rings. The van der Waals surface area contributed by atoms with E-state index in [2.05, 4.69) is 15.4 Å². The first-order valence-electron chi connectivity index (χ1n) is 5.91. The van der Waals surface area contributed by atoms with E-state index in [0.717, 1.165) is 5.56 Å². The smallest absolute Gasteiger partial charge is 0.325 e. The van der Waals surface area contributed by atoms with Crippen molar-refractivity contribution in [2.75, 3.05) is 19.0 Å². The Balaban J connectivity index is 2.51. The molecule has 0 aliphatic heterocycles. The molecule has 0 radical (unpaired) electrons. The number of hydrogen-bond donors (Lipinski definition) is 2. The van der Waals surface area contributed by atoms with Gasteiger partial charge < -0.3 is 15.4 Å². The van der Waals surface area contributed by atoms with E-state index in [9.17, 15) is 14.4 Å². The first-order chi connectivity index (χ1) is 9.51. The van der Waals surface area contributed by atoms with E-state index in [1.54, 1.807) is 30.3 Å². The second-order valence-corrected chi connectivity index (χ2v) is 3.93. The summed E-state index contributed by atoms with van der Waals surface area (Å²) in [7, 11) is 1.25. The highest BCUT2D eigenvalue weighted by Crippen LogP contribution is 2.10. The second kappa shape index (κ2) is 7.73. The molecule has 0 spiro atoms. The third-order valence-corrected chi connectivity index (χ3v) is 2.29. The Labute approximate surface area is 116 Å². The van der Waals surface area contributed by atoms with Gasteiger partial charge in [-0.25, -0.2) is 0 Å². The van der Waals surface area contributed by atoms with Gasteiger partial charge in [0, 0.05) is 18.7 Å². The molecule has 0 aliphatic rings. The topological polar surface area (TPSA) is 84.5 Å². The molecule has 0 aliphatic carbocycles. The molecule has 2 N–H and O–H groups in total. The van der Waals surface area contributed by atoms with Crippen LogP contribution < -0.4 is 10.6 Å². The van der Waals surface area contributed by atoms with Crippen LogP contribution in [-0.2, 0) is 19.1 Å².